The topological polar surface area (TPSA) is 60.1 Å². The quantitative estimate of drug-likeness (QED) is 0.912. The number of carbonyl (C=O) groups is 1. The second kappa shape index (κ2) is 5.94. The van der Waals surface area contributed by atoms with E-state index in [2.05, 4.69) is 10.4 Å². The summed E-state index contributed by atoms with van der Waals surface area (Å²) in [5.74, 6) is 0.909. The number of carbonyl (C=O) groups excluding carboxylic acids is 1. The van der Waals surface area contributed by atoms with E-state index >= 15 is 0 Å². The van der Waals surface area contributed by atoms with Crippen LogP contribution in [0.2, 0.25) is 0 Å². The Hall–Kier alpha value is -2.04. The molecule has 0 spiro atoms. The Bertz CT molecular complexity index is 598. The van der Waals surface area contributed by atoms with Crippen molar-refractivity contribution in [2.24, 2.45) is 0 Å². The molecule has 20 heavy (non-hydrogen) atoms. The molecule has 0 aliphatic heterocycles. The monoisotopic (exact) mass is 275 g/mol. The summed E-state index contributed by atoms with van der Waals surface area (Å²) in [6, 6.07) is 5.69. The van der Waals surface area contributed by atoms with Crippen LogP contribution in [-0.2, 0) is 6.54 Å². The lowest BCUT2D eigenvalue weighted by atomic mass is 10.2. The molecule has 0 saturated heterocycles. The summed E-state index contributed by atoms with van der Waals surface area (Å²) < 4.78 is 7.45. The van der Waals surface area contributed by atoms with Crippen molar-refractivity contribution in [2.75, 3.05) is 0 Å². The molecule has 0 saturated carbocycles. The van der Waals surface area contributed by atoms with Crippen molar-refractivity contribution >= 4 is 5.91 Å². The summed E-state index contributed by atoms with van der Waals surface area (Å²) >= 11 is 0. The van der Waals surface area contributed by atoms with Crippen molar-refractivity contribution in [1.29, 1.82) is 0 Å². The molecule has 1 atom stereocenters. The standard InChI is InChI=1S/C15H21N3O2/c1-5-10(2)16-15(19)14-7-6-13(20-14)9-18-12(4)8-11(3)17-18/h6-8,10H,5,9H2,1-4H3,(H,16,19)/t10-/m1/s1. The summed E-state index contributed by atoms with van der Waals surface area (Å²) in [6.45, 7) is 8.49. The maximum Gasteiger partial charge on any atom is 0.287 e. The molecule has 0 fully saturated rings. The summed E-state index contributed by atoms with van der Waals surface area (Å²) in [5.41, 5.74) is 2.05. The summed E-state index contributed by atoms with van der Waals surface area (Å²) in [7, 11) is 0. The molecule has 2 heterocycles. The Kier molecular flexibility index (Phi) is 4.27. The van der Waals surface area contributed by atoms with Crippen molar-refractivity contribution in [2.45, 2.75) is 46.7 Å². The van der Waals surface area contributed by atoms with Gasteiger partial charge >= 0.3 is 0 Å². The van der Waals surface area contributed by atoms with Gasteiger partial charge in [-0.15, -0.1) is 0 Å². The lowest BCUT2D eigenvalue weighted by Crippen LogP contribution is -2.31. The Morgan fingerprint density at radius 3 is 2.80 bits per heavy atom. The minimum atomic E-state index is -0.168. The predicted octanol–water partition coefficient (Wildman–Crippen LogP) is 2.67. The van der Waals surface area contributed by atoms with E-state index in [1.807, 2.05) is 44.5 Å². The second-order valence-corrected chi connectivity index (χ2v) is 5.13. The summed E-state index contributed by atoms with van der Waals surface area (Å²) in [4.78, 5) is 11.9. The van der Waals surface area contributed by atoms with Crippen LogP contribution in [-0.4, -0.2) is 21.7 Å². The molecule has 0 aliphatic carbocycles. The molecule has 0 aliphatic rings. The van der Waals surface area contributed by atoms with Gasteiger partial charge in [-0.25, -0.2) is 0 Å². The first kappa shape index (κ1) is 14.4. The first-order chi connectivity index (χ1) is 9.49. The lowest BCUT2D eigenvalue weighted by Gasteiger charge is -2.09. The molecule has 2 rings (SSSR count). The fraction of sp³-hybridized carbons (Fsp3) is 0.467. The normalized spacial score (nSPS) is 12.4. The van der Waals surface area contributed by atoms with Crippen molar-refractivity contribution in [3.63, 3.8) is 0 Å². The summed E-state index contributed by atoms with van der Waals surface area (Å²) in [6.07, 6.45) is 0.894. The molecule has 0 unspecified atom stereocenters. The van der Waals surface area contributed by atoms with Crippen LogP contribution in [0.15, 0.2) is 22.6 Å². The molecule has 2 aromatic rings. The maximum absolute atomic E-state index is 11.9. The van der Waals surface area contributed by atoms with E-state index in [1.165, 1.54) is 0 Å². The number of hydrogen-bond donors (Lipinski definition) is 1. The molecule has 0 bridgehead atoms. The average molecular weight is 275 g/mol. The molecule has 5 heteroatoms. The number of nitrogens with zero attached hydrogens (tertiary/aromatic N) is 2. The molecule has 2 aromatic heterocycles. The van der Waals surface area contributed by atoms with Gasteiger partial charge in [0.25, 0.3) is 5.91 Å². The SMILES string of the molecule is CC[C@@H](C)NC(=O)c1ccc(Cn2nc(C)cc2C)o1. The van der Waals surface area contributed by atoms with Gasteiger partial charge in [0, 0.05) is 11.7 Å². The third-order valence-corrected chi connectivity index (χ3v) is 3.28. The van der Waals surface area contributed by atoms with Crippen LogP contribution in [0, 0.1) is 13.8 Å². The van der Waals surface area contributed by atoms with E-state index in [9.17, 15) is 4.79 Å². The number of aryl methyl sites for hydroxylation is 2. The Morgan fingerprint density at radius 2 is 2.20 bits per heavy atom. The van der Waals surface area contributed by atoms with Gasteiger partial charge in [0.2, 0.25) is 0 Å². The van der Waals surface area contributed by atoms with Gasteiger partial charge in [-0.2, -0.15) is 5.10 Å². The Balaban J connectivity index is 2.05. The zero-order chi connectivity index (χ0) is 14.7. The highest BCUT2D eigenvalue weighted by molar-refractivity contribution is 5.91. The summed E-state index contributed by atoms with van der Waals surface area (Å²) in [5, 5.41) is 7.26. The fourth-order valence-electron chi connectivity index (χ4n) is 1.96. The molecular formula is C15H21N3O2. The first-order valence-electron chi connectivity index (χ1n) is 6.90. The maximum atomic E-state index is 11.9. The van der Waals surface area contributed by atoms with Gasteiger partial charge in [0.15, 0.2) is 5.76 Å². The van der Waals surface area contributed by atoms with Crippen LogP contribution >= 0.6 is 0 Å². The van der Waals surface area contributed by atoms with E-state index in [0.29, 0.717) is 12.3 Å². The second-order valence-electron chi connectivity index (χ2n) is 5.13. The molecule has 1 amide bonds. The zero-order valence-corrected chi connectivity index (χ0v) is 12.4. The van der Waals surface area contributed by atoms with E-state index in [0.717, 1.165) is 23.6 Å². The van der Waals surface area contributed by atoms with Gasteiger partial charge < -0.3 is 9.73 Å². The van der Waals surface area contributed by atoms with Crippen molar-refractivity contribution < 1.29 is 9.21 Å². The highest BCUT2D eigenvalue weighted by Gasteiger charge is 2.13. The van der Waals surface area contributed by atoms with Crippen molar-refractivity contribution in [3.8, 4) is 0 Å². The Labute approximate surface area is 119 Å². The minimum absolute atomic E-state index is 0.145. The van der Waals surface area contributed by atoms with Gasteiger partial charge in [-0.3, -0.25) is 9.48 Å². The van der Waals surface area contributed by atoms with E-state index in [1.54, 1.807) is 6.07 Å². The van der Waals surface area contributed by atoms with Crippen LogP contribution in [0.1, 0.15) is 48.0 Å². The van der Waals surface area contributed by atoms with Crippen LogP contribution < -0.4 is 5.32 Å². The molecule has 5 nitrogen and oxygen atoms in total. The predicted molar refractivity (Wildman–Crippen MR) is 76.7 cm³/mol. The number of amides is 1. The first-order valence-corrected chi connectivity index (χ1v) is 6.90. The smallest absolute Gasteiger partial charge is 0.287 e. The van der Waals surface area contributed by atoms with E-state index < -0.39 is 0 Å². The number of nitrogens with one attached hydrogen (secondary N) is 1. The number of furan rings is 1. The molecule has 0 aromatic carbocycles. The Morgan fingerprint density at radius 1 is 1.45 bits per heavy atom. The van der Waals surface area contributed by atoms with Gasteiger partial charge in [-0.1, -0.05) is 6.92 Å². The van der Waals surface area contributed by atoms with Crippen LogP contribution in [0.4, 0.5) is 0 Å². The fourth-order valence-corrected chi connectivity index (χ4v) is 1.96. The van der Waals surface area contributed by atoms with E-state index in [-0.39, 0.29) is 11.9 Å². The highest BCUT2D eigenvalue weighted by Crippen LogP contribution is 2.12. The van der Waals surface area contributed by atoms with Gasteiger partial charge in [-0.05, 0) is 45.4 Å². The van der Waals surface area contributed by atoms with Crippen molar-refractivity contribution in [3.05, 3.63) is 41.1 Å². The van der Waals surface area contributed by atoms with E-state index in [4.69, 9.17) is 4.42 Å². The number of aromatic nitrogens is 2. The molecule has 108 valence electrons. The number of rotatable bonds is 5. The highest BCUT2D eigenvalue weighted by atomic mass is 16.4. The number of hydrogen-bond acceptors (Lipinski definition) is 3. The molecule has 1 N–H and O–H groups in total. The average Bonchev–Trinajstić information content (AvgIpc) is 2.97. The van der Waals surface area contributed by atoms with Crippen LogP contribution in [0.25, 0.3) is 0 Å². The zero-order valence-electron chi connectivity index (χ0n) is 12.4. The van der Waals surface area contributed by atoms with Gasteiger partial charge in [0.05, 0.1) is 12.2 Å². The minimum Gasteiger partial charge on any atom is -0.454 e. The largest absolute Gasteiger partial charge is 0.454 e. The van der Waals surface area contributed by atoms with Crippen LogP contribution in [0.3, 0.4) is 0 Å². The van der Waals surface area contributed by atoms with Gasteiger partial charge in [0.1, 0.15) is 5.76 Å². The third kappa shape index (κ3) is 3.29. The lowest BCUT2D eigenvalue weighted by molar-refractivity contribution is 0.0909. The molecular weight excluding hydrogens is 254 g/mol. The third-order valence-electron chi connectivity index (χ3n) is 3.28. The van der Waals surface area contributed by atoms with Crippen LogP contribution in [0.5, 0.6) is 0 Å². The molecule has 0 radical (unpaired) electrons. The van der Waals surface area contributed by atoms with Crippen molar-refractivity contribution in [1.82, 2.24) is 15.1 Å².